The maximum atomic E-state index is 11.3. The third kappa shape index (κ3) is 2.79. The Kier molecular flexibility index (Phi) is 3.68. The summed E-state index contributed by atoms with van der Waals surface area (Å²) in [6.07, 6.45) is 2.24. The Morgan fingerprint density at radius 3 is 3.12 bits per heavy atom. The minimum absolute atomic E-state index is 0.0288. The zero-order chi connectivity index (χ0) is 12.3. The van der Waals surface area contributed by atoms with E-state index in [4.69, 9.17) is 0 Å². The molecule has 0 aliphatic carbocycles. The van der Waals surface area contributed by atoms with E-state index in [0.29, 0.717) is 18.7 Å². The molecule has 0 fully saturated rings. The smallest absolute Gasteiger partial charge is 0.221 e. The number of fused-ring (bicyclic) bond motifs is 1. The average molecular weight is 249 g/mol. The molecule has 0 bridgehead atoms. The molecule has 5 heteroatoms. The topological polar surface area (TPSA) is 46.9 Å². The van der Waals surface area contributed by atoms with Gasteiger partial charge >= 0.3 is 0 Å². The molecule has 0 aliphatic heterocycles. The van der Waals surface area contributed by atoms with Crippen LogP contribution in [-0.2, 0) is 18.4 Å². The van der Waals surface area contributed by atoms with E-state index < -0.39 is 0 Å². The predicted molar refractivity (Wildman–Crippen MR) is 71.0 cm³/mol. The van der Waals surface area contributed by atoms with E-state index in [1.807, 2.05) is 29.8 Å². The third-order valence-electron chi connectivity index (χ3n) is 2.62. The Balaban J connectivity index is 2.07. The van der Waals surface area contributed by atoms with Gasteiger partial charge in [0.05, 0.1) is 17.4 Å². The monoisotopic (exact) mass is 249 g/mol. The van der Waals surface area contributed by atoms with E-state index in [1.54, 1.807) is 6.33 Å². The number of thiol groups is 1. The van der Waals surface area contributed by atoms with Gasteiger partial charge < -0.3 is 9.88 Å². The number of carbonyl (C=O) groups excluding carboxylic acids is 1. The van der Waals surface area contributed by atoms with Crippen LogP contribution < -0.4 is 5.32 Å². The van der Waals surface area contributed by atoms with Gasteiger partial charge in [-0.25, -0.2) is 4.98 Å². The van der Waals surface area contributed by atoms with E-state index in [2.05, 4.69) is 22.9 Å². The summed E-state index contributed by atoms with van der Waals surface area (Å²) in [6, 6.07) is 6.02. The highest BCUT2D eigenvalue weighted by atomic mass is 32.1. The van der Waals surface area contributed by atoms with Crippen molar-refractivity contribution in [2.24, 2.45) is 7.05 Å². The zero-order valence-corrected chi connectivity index (χ0v) is 10.6. The molecule has 4 nitrogen and oxygen atoms in total. The molecule has 2 rings (SSSR count). The van der Waals surface area contributed by atoms with E-state index in [9.17, 15) is 4.79 Å². The van der Waals surface area contributed by atoms with Gasteiger partial charge in [-0.3, -0.25) is 4.79 Å². The minimum Gasteiger partial charge on any atom is -0.352 e. The molecule has 0 aliphatic rings. The van der Waals surface area contributed by atoms with Crippen LogP contribution in [0.15, 0.2) is 24.5 Å². The maximum Gasteiger partial charge on any atom is 0.221 e. The number of amides is 1. The van der Waals surface area contributed by atoms with Crippen LogP contribution in [0.2, 0.25) is 0 Å². The minimum atomic E-state index is 0.0288. The second kappa shape index (κ2) is 5.23. The van der Waals surface area contributed by atoms with Crippen LogP contribution in [0.3, 0.4) is 0 Å². The first-order valence-corrected chi connectivity index (χ1v) is 6.11. The van der Waals surface area contributed by atoms with E-state index in [0.717, 1.165) is 16.6 Å². The summed E-state index contributed by atoms with van der Waals surface area (Å²) in [5, 5.41) is 2.85. The average Bonchev–Trinajstić information content (AvgIpc) is 2.69. The van der Waals surface area contributed by atoms with Crippen molar-refractivity contribution in [2.45, 2.75) is 13.0 Å². The van der Waals surface area contributed by atoms with Crippen LogP contribution in [0.1, 0.15) is 12.0 Å². The molecule has 0 saturated heterocycles. The lowest BCUT2D eigenvalue weighted by molar-refractivity contribution is -0.120. The summed E-state index contributed by atoms with van der Waals surface area (Å²) < 4.78 is 1.97. The third-order valence-corrected chi connectivity index (χ3v) is 2.84. The quantitative estimate of drug-likeness (QED) is 0.807. The molecular formula is C12H15N3OS. The Morgan fingerprint density at radius 1 is 1.53 bits per heavy atom. The van der Waals surface area contributed by atoms with Crippen molar-refractivity contribution in [1.82, 2.24) is 14.9 Å². The number of carbonyl (C=O) groups is 1. The Morgan fingerprint density at radius 2 is 2.35 bits per heavy atom. The lowest BCUT2D eigenvalue weighted by Crippen LogP contribution is -2.22. The van der Waals surface area contributed by atoms with E-state index >= 15 is 0 Å². The first-order chi connectivity index (χ1) is 8.20. The van der Waals surface area contributed by atoms with Crippen molar-refractivity contribution in [3.8, 4) is 0 Å². The van der Waals surface area contributed by atoms with Gasteiger partial charge in [-0.15, -0.1) is 0 Å². The van der Waals surface area contributed by atoms with Crippen LogP contribution in [0.4, 0.5) is 0 Å². The summed E-state index contributed by atoms with van der Waals surface area (Å²) in [4.78, 5) is 15.6. The van der Waals surface area contributed by atoms with Gasteiger partial charge in [0.1, 0.15) is 0 Å². The molecule has 1 aromatic heterocycles. The largest absolute Gasteiger partial charge is 0.352 e. The molecule has 1 aromatic carbocycles. The zero-order valence-electron chi connectivity index (χ0n) is 9.68. The number of imidazole rings is 1. The summed E-state index contributed by atoms with van der Waals surface area (Å²) in [5.41, 5.74) is 3.10. The van der Waals surface area contributed by atoms with Gasteiger partial charge in [0, 0.05) is 20.0 Å². The second-order valence-electron chi connectivity index (χ2n) is 3.93. The fraction of sp³-hybridized carbons (Fsp3) is 0.333. The molecule has 0 atom stereocenters. The highest BCUT2D eigenvalue weighted by Crippen LogP contribution is 2.13. The van der Waals surface area contributed by atoms with Crippen molar-refractivity contribution < 1.29 is 4.79 Å². The number of nitrogens with zero attached hydrogens (tertiary/aromatic N) is 2. The SMILES string of the molecule is Cn1cnc2cc(CNC(=O)CCS)ccc21. The van der Waals surface area contributed by atoms with Crippen molar-refractivity contribution in [2.75, 3.05) is 5.75 Å². The lowest BCUT2D eigenvalue weighted by Gasteiger charge is -2.04. The fourth-order valence-electron chi connectivity index (χ4n) is 1.68. The Labute approximate surface area is 105 Å². The normalized spacial score (nSPS) is 10.7. The summed E-state index contributed by atoms with van der Waals surface area (Å²) in [7, 11) is 1.96. The molecule has 17 heavy (non-hydrogen) atoms. The van der Waals surface area contributed by atoms with Gasteiger partial charge in [-0.1, -0.05) is 6.07 Å². The summed E-state index contributed by atoms with van der Waals surface area (Å²) in [5.74, 6) is 0.603. The number of aryl methyl sites for hydroxylation is 1. The number of hydrogen-bond acceptors (Lipinski definition) is 3. The molecule has 0 saturated carbocycles. The Bertz CT molecular complexity index is 536. The number of benzene rings is 1. The number of hydrogen-bond donors (Lipinski definition) is 2. The summed E-state index contributed by atoms with van der Waals surface area (Å²) >= 11 is 4.02. The van der Waals surface area contributed by atoms with Crippen LogP contribution in [0, 0.1) is 0 Å². The maximum absolute atomic E-state index is 11.3. The van der Waals surface area contributed by atoms with Gasteiger partial charge in [0.15, 0.2) is 0 Å². The molecule has 0 unspecified atom stereocenters. The number of nitrogens with one attached hydrogen (secondary N) is 1. The predicted octanol–water partition coefficient (Wildman–Crippen LogP) is 1.51. The molecule has 1 N–H and O–H groups in total. The van der Waals surface area contributed by atoms with Gasteiger partial charge in [-0.05, 0) is 23.4 Å². The van der Waals surface area contributed by atoms with Gasteiger partial charge in [0.25, 0.3) is 0 Å². The summed E-state index contributed by atoms with van der Waals surface area (Å²) in [6.45, 7) is 0.541. The fourth-order valence-corrected chi connectivity index (χ4v) is 1.89. The van der Waals surface area contributed by atoms with Crippen molar-refractivity contribution in [3.63, 3.8) is 0 Å². The van der Waals surface area contributed by atoms with Crippen molar-refractivity contribution >= 4 is 29.6 Å². The first-order valence-electron chi connectivity index (χ1n) is 5.48. The van der Waals surface area contributed by atoms with Crippen LogP contribution >= 0.6 is 12.6 Å². The molecule has 1 amide bonds. The number of aromatic nitrogens is 2. The molecule has 2 aromatic rings. The van der Waals surface area contributed by atoms with Gasteiger partial charge in [0.2, 0.25) is 5.91 Å². The highest BCUT2D eigenvalue weighted by Gasteiger charge is 2.03. The van der Waals surface area contributed by atoms with Crippen LogP contribution in [0.25, 0.3) is 11.0 Å². The van der Waals surface area contributed by atoms with Crippen LogP contribution in [-0.4, -0.2) is 21.2 Å². The molecule has 90 valence electrons. The van der Waals surface area contributed by atoms with Crippen molar-refractivity contribution in [1.29, 1.82) is 0 Å². The van der Waals surface area contributed by atoms with Gasteiger partial charge in [-0.2, -0.15) is 12.6 Å². The molecule has 0 radical (unpaired) electrons. The lowest BCUT2D eigenvalue weighted by atomic mass is 10.2. The first kappa shape index (κ1) is 12.0. The van der Waals surface area contributed by atoms with Crippen LogP contribution in [0.5, 0.6) is 0 Å². The molecule has 1 heterocycles. The van der Waals surface area contributed by atoms with E-state index in [1.165, 1.54) is 0 Å². The standard InChI is InChI=1S/C12H15N3OS/c1-15-8-14-10-6-9(2-3-11(10)15)7-13-12(16)4-5-17/h2-3,6,8,17H,4-5,7H2,1H3,(H,13,16). The Hall–Kier alpha value is -1.49. The highest BCUT2D eigenvalue weighted by molar-refractivity contribution is 7.80. The molecule has 0 spiro atoms. The second-order valence-corrected chi connectivity index (χ2v) is 4.38. The molecular weight excluding hydrogens is 234 g/mol. The van der Waals surface area contributed by atoms with E-state index in [-0.39, 0.29) is 5.91 Å². The number of rotatable bonds is 4. The van der Waals surface area contributed by atoms with Crippen molar-refractivity contribution in [3.05, 3.63) is 30.1 Å².